The number of fused-ring (bicyclic) bond motifs is 1. The van der Waals surface area contributed by atoms with Gasteiger partial charge in [-0.05, 0) is 24.3 Å². The van der Waals surface area contributed by atoms with E-state index in [1.165, 1.54) is 50.1 Å². The van der Waals surface area contributed by atoms with Crippen LogP contribution < -0.4 is 14.8 Å². The number of aromatic nitrogens is 2. The summed E-state index contributed by atoms with van der Waals surface area (Å²) in [7, 11) is -2.69. The molecule has 1 amide bonds. The smallest absolute Gasteiger partial charge is 0.298 e. The standard InChI is InChI=1S/C19H16N4O7S/c1-27-19-14(4-5-16(24)20-11-13-3-2-8-28-13)15(9-12-10-22-30-18(12)19)23-31(25,26)17-6-7-21-29-17/h2-10,23H,11H2,1H3,(H,20,24). The summed E-state index contributed by atoms with van der Waals surface area (Å²) in [6.45, 7) is 0.194. The van der Waals surface area contributed by atoms with Crippen LogP contribution in [0.5, 0.6) is 5.75 Å². The molecule has 11 nitrogen and oxygen atoms in total. The second kappa shape index (κ2) is 8.36. The first-order chi connectivity index (χ1) is 15.0. The molecule has 12 heteroatoms. The van der Waals surface area contributed by atoms with Crippen LogP contribution in [0.2, 0.25) is 0 Å². The van der Waals surface area contributed by atoms with Gasteiger partial charge in [0.25, 0.3) is 15.1 Å². The summed E-state index contributed by atoms with van der Waals surface area (Å²) in [5.41, 5.74) is 0.669. The third kappa shape index (κ3) is 4.28. The number of ether oxygens (including phenoxy) is 1. The van der Waals surface area contributed by atoms with E-state index in [1.54, 1.807) is 12.1 Å². The van der Waals surface area contributed by atoms with Crippen molar-refractivity contribution in [2.45, 2.75) is 11.6 Å². The molecule has 1 aromatic carbocycles. The molecule has 31 heavy (non-hydrogen) atoms. The molecule has 160 valence electrons. The Morgan fingerprint density at radius 3 is 2.84 bits per heavy atom. The van der Waals surface area contributed by atoms with E-state index >= 15 is 0 Å². The third-order valence-electron chi connectivity index (χ3n) is 4.18. The first-order valence-corrected chi connectivity index (χ1v) is 10.3. The van der Waals surface area contributed by atoms with E-state index in [0.29, 0.717) is 16.7 Å². The Morgan fingerprint density at radius 2 is 2.13 bits per heavy atom. The third-order valence-corrected chi connectivity index (χ3v) is 5.41. The van der Waals surface area contributed by atoms with Gasteiger partial charge >= 0.3 is 0 Å². The maximum Gasteiger partial charge on any atom is 0.298 e. The highest BCUT2D eigenvalue weighted by molar-refractivity contribution is 7.92. The number of hydrogen-bond donors (Lipinski definition) is 2. The van der Waals surface area contributed by atoms with Gasteiger partial charge in [-0.25, -0.2) is 0 Å². The van der Waals surface area contributed by atoms with E-state index in [9.17, 15) is 13.2 Å². The minimum absolute atomic E-state index is 0.124. The van der Waals surface area contributed by atoms with Crippen molar-refractivity contribution >= 4 is 38.7 Å². The molecule has 0 atom stereocenters. The molecule has 3 heterocycles. The number of furan rings is 1. The lowest BCUT2D eigenvalue weighted by atomic mass is 10.1. The molecule has 0 fully saturated rings. The lowest BCUT2D eigenvalue weighted by Gasteiger charge is -2.13. The van der Waals surface area contributed by atoms with Crippen molar-refractivity contribution in [3.05, 3.63) is 60.3 Å². The second-order valence-electron chi connectivity index (χ2n) is 6.18. The Hall–Kier alpha value is -4.06. The number of amides is 1. The monoisotopic (exact) mass is 444 g/mol. The molecular weight excluding hydrogens is 428 g/mol. The molecule has 2 N–H and O–H groups in total. The van der Waals surface area contributed by atoms with Gasteiger partial charge in [0, 0.05) is 23.1 Å². The molecule has 0 spiro atoms. The van der Waals surface area contributed by atoms with Gasteiger partial charge in [0.2, 0.25) is 11.5 Å². The van der Waals surface area contributed by atoms with Crippen LogP contribution in [-0.2, 0) is 21.4 Å². The Bertz CT molecular complexity index is 1320. The summed E-state index contributed by atoms with van der Waals surface area (Å²) < 4.78 is 48.2. The number of nitrogens with one attached hydrogen (secondary N) is 2. The molecule has 4 aromatic rings. The molecule has 0 aliphatic rings. The highest BCUT2D eigenvalue weighted by Gasteiger charge is 2.23. The first-order valence-electron chi connectivity index (χ1n) is 8.85. The predicted octanol–water partition coefficient (Wildman–Crippen LogP) is 2.55. The summed E-state index contributed by atoms with van der Waals surface area (Å²) in [6, 6.07) is 6.14. The van der Waals surface area contributed by atoms with Crippen molar-refractivity contribution in [3.63, 3.8) is 0 Å². The Kier molecular flexibility index (Phi) is 5.45. The topological polar surface area (TPSA) is 150 Å². The molecule has 3 aromatic heterocycles. The fourth-order valence-electron chi connectivity index (χ4n) is 2.80. The van der Waals surface area contributed by atoms with Crippen LogP contribution in [0.1, 0.15) is 11.3 Å². The van der Waals surface area contributed by atoms with E-state index in [1.807, 2.05) is 0 Å². The summed E-state index contributed by atoms with van der Waals surface area (Å²) >= 11 is 0. The summed E-state index contributed by atoms with van der Waals surface area (Å²) in [4.78, 5) is 12.2. The number of carbonyl (C=O) groups excluding carboxylic acids is 1. The van der Waals surface area contributed by atoms with Gasteiger partial charge in [-0.3, -0.25) is 9.52 Å². The predicted molar refractivity (Wildman–Crippen MR) is 107 cm³/mol. The average Bonchev–Trinajstić information content (AvgIpc) is 3.52. The molecular formula is C19H16N4O7S. The Morgan fingerprint density at radius 1 is 1.26 bits per heavy atom. The van der Waals surface area contributed by atoms with Crippen molar-refractivity contribution in [2.75, 3.05) is 11.8 Å². The van der Waals surface area contributed by atoms with Gasteiger partial charge in [-0.1, -0.05) is 10.3 Å². The van der Waals surface area contributed by atoms with Gasteiger partial charge in [0.15, 0.2) is 5.75 Å². The maximum atomic E-state index is 12.6. The number of hydrogen-bond acceptors (Lipinski definition) is 9. The van der Waals surface area contributed by atoms with Crippen LogP contribution in [-0.4, -0.2) is 31.7 Å². The number of sulfonamides is 1. The Labute approximate surface area is 175 Å². The highest BCUT2D eigenvalue weighted by Crippen LogP contribution is 2.37. The number of nitrogens with zero attached hydrogens (tertiary/aromatic N) is 2. The summed E-state index contributed by atoms with van der Waals surface area (Å²) in [5, 5.41) is 9.90. The lowest BCUT2D eigenvalue weighted by Crippen LogP contribution is -2.19. The second-order valence-corrected chi connectivity index (χ2v) is 7.80. The number of carbonyl (C=O) groups is 1. The average molecular weight is 444 g/mol. The zero-order valence-electron chi connectivity index (χ0n) is 16.1. The zero-order chi connectivity index (χ0) is 21.8. The quantitative estimate of drug-likeness (QED) is 0.391. The molecule has 0 aliphatic heterocycles. The number of methoxy groups -OCH3 is 1. The molecule has 0 radical (unpaired) electrons. The minimum atomic E-state index is -4.08. The normalized spacial score (nSPS) is 11.8. The van der Waals surface area contributed by atoms with E-state index in [4.69, 9.17) is 18.2 Å². The first kappa shape index (κ1) is 20.2. The van der Waals surface area contributed by atoms with E-state index < -0.39 is 15.9 Å². The van der Waals surface area contributed by atoms with Crippen molar-refractivity contribution in [1.82, 2.24) is 15.6 Å². The van der Waals surface area contributed by atoms with Crippen molar-refractivity contribution in [2.24, 2.45) is 0 Å². The van der Waals surface area contributed by atoms with Crippen LogP contribution in [0.3, 0.4) is 0 Å². The van der Waals surface area contributed by atoms with Crippen LogP contribution in [0, 0.1) is 0 Å². The number of benzene rings is 1. The van der Waals surface area contributed by atoms with E-state index in [0.717, 1.165) is 0 Å². The van der Waals surface area contributed by atoms with Crippen LogP contribution in [0.25, 0.3) is 17.0 Å². The molecule has 0 saturated heterocycles. The van der Waals surface area contributed by atoms with Crippen molar-refractivity contribution < 1.29 is 31.4 Å². The summed E-state index contributed by atoms with van der Waals surface area (Å²) in [6.07, 6.45) is 6.75. The van der Waals surface area contributed by atoms with Gasteiger partial charge in [0.05, 0.1) is 38.0 Å². The van der Waals surface area contributed by atoms with Gasteiger partial charge in [0.1, 0.15) is 5.76 Å². The van der Waals surface area contributed by atoms with Gasteiger partial charge in [-0.15, -0.1) is 0 Å². The number of anilines is 1. The fourth-order valence-corrected chi connectivity index (χ4v) is 3.74. The lowest BCUT2D eigenvalue weighted by molar-refractivity contribution is -0.116. The zero-order valence-corrected chi connectivity index (χ0v) is 16.9. The fraction of sp³-hybridized carbons (Fsp3) is 0.105. The number of rotatable bonds is 8. The van der Waals surface area contributed by atoms with E-state index in [-0.39, 0.29) is 28.6 Å². The van der Waals surface area contributed by atoms with E-state index in [2.05, 4.69) is 20.4 Å². The molecule has 0 bridgehead atoms. The Balaban J connectivity index is 1.68. The van der Waals surface area contributed by atoms with Crippen LogP contribution >= 0.6 is 0 Å². The van der Waals surface area contributed by atoms with Gasteiger partial charge < -0.3 is 23.5 Å². The summed E-state index contributed by atoms with van der Waals surface area (Å²) in [5.74, 6) is 0.350. The van der Waals surface area contributed by atoms with Crippen LogP contribution in [0.4, 0.5) is 5.69 Å². The maximum absolute atomic E-state index is 12.6. The molecule has 0 saturated carbocycles. The van der Waals surface area contributed by atoms with Crippen molar-refractivity contribution in [1.29, 1.82) is 0 Å². The molecule has 4 rings (SSSR count). The largest absolute Gasteiger partial charge is 0.492 e. The molecule has 0 unspecified atom stereocenters. The SMILES string of the molecule is COc1c(C=CC(=O)NCc2ccco2)c(NS(=O)(=O)c2ccno2)cc2cnoc12. The van der Waals surface area contributed by atoms with Crippen LogP contribution in [0.15, 0.2) is 67.6 Å². The van der Waals surface area contributed by atoms with Crippen molar-refractivity contribution in [3.8, 4) is 5.75 Å². The van der Waals surface area contributed by atoms with Gasteiger partial charge in [-0.2, -0.15) is 8.42 Å². The highest BCUT2D eigenvalue weighted by atomic mass is 32.2. The molecule has 0 aliphatic carbocycles. The minimum Gasteiger partial charge on any atom is -0.492 e.